The van der Waals surface area contributed by atoms with Crippen LogP contribution in [0, 0.1) is 13.8 Å². The van der Waals surface area contributed by atoms with Crippen molar-refractivity contribution in [1.82, 2.24) is 5.32 Å². The monoisotopic (exact) mass is 234 g/mol. The molecule has 0 aromatic heterocycles. The summed E-state index contributed by atoms with van der Waals surface area (Å²) in [6, 6.07) is 6.78. The maximum Gasteiger partial charge on any atom is 0.0839 e. The first-order chi connectivity index (χ1) is 8.09. The number of nitrogens with one attached hydrogen (secondary N) is 1. The van der Waals surface area contributed by atoms with Gasteiger partial charge in [-0.15, -0.1) is 0 Å². The number of aliphatic hydroxyl groups excluding tert-OH is 1. The molecule has 0 aliphatic carbocycles. The average molecular weight is 234 g/mol. The van der Waals surface area contributed by atoms with E-state index in [1.54, 1.807) is 0 Å². The molecule has 2 rings (SSSR count). The van der Waals surface area contributed by atoms with E-state index >= 15 is 0 Å². The van der Waals surface area contributed by atoms with Gasteiger partial charge in [0, 0.05) is 31.4 Å². The third-order valence-electron chi connectivity index (χ3n) is 3.49. The lowest BCUT2D eigenvalue weighted by atomic mass is 10.1. The summed E-state index contributed by atoms with van der Waals surface area (Å²) in [5.41, 5.74) is 3.85. The first-order valence-electron chi connectivity index (χ1n) is 6.31. The predicted molar refractivity (Wildman–Crippen MR) is 71.6 cm³/mol. The van der Waals surface area contributed by atoms with E-state index < -0.39 is 0 Å². The van der Waals surface area contributed by atoms with Crippen molar-refractivity contribution in [1.29, 1.82) is 0 Å². The van der Waals surface area contributed by atoms with E-state index in [-0.39, 0.29) is 6.10 Å². The molecule has 0 spiro atoms. The summed E-state index contributed by atoms with van der Waals surface area (Å²) in [5.74, 6) is 0. The highest BCUT2D eigenvalue weighted by Gasteiger charge is 2.23. The van der Waals surface area contributed by atoms with Gasteiger partial charge in [0.1, 0.15) is 0 Å². The van der Waals surface area contributed by atoms with Crippen LogP contribution in [0.4, 0.5) is 5.69 Å². The van der Waals surface area contributed by atoms with Gasteiger partial charge in [-0.1, -0.05) is 18.2 Å². The zero-order valence-corrected chi connectivity index (χ0v) is 10.9. The summed E-state index contributed by atoms with van der Waals surface area (Å²) >= 11 is 0. The number of rotatable bonds is 1. The van der Waals surface area contributed by atoms with Gasteiger partial charge in [0.15, 0.2) is 0 Å². The summed E-state index contributed by atoms with van der Waals surface area (Å²) in [7, 11) is 0. The van der Waals surface area contributed by atoms with E-state index in [1.165, 1.54) is 16.8 Å². The van der Waals surface area contributed by atoms with Crippen LogP contribution in [0.1, 0.15) is 18.1 Å². The lowest BCUT2D eigenvalue weighted by molar-refractivity contribution is 0.184. The molecule has 0 amide bonds. The van der Waals surface area contributed by atoms with Crippen LogP contribution < -0.4 is 10.2 Å². The quantitative estimate of drug-likeness (QED) is 0.772. The highest BCUT2D eigenvalue weighted by molar-refractivity contribution is 5.59. The first-order valence-corrected chi connectivity index (χ1v) is 6.31. The van der Waals surface area contributed by atoms with Crippen LogP contribution in [-0.4, -0.2) is 36.9 Å². The molecule has 3 heteroatoms. The van der Waals surface area contributed by atoms with Crippen molar-refractivity contribution in [3.63, 3.8) is 0 Å². The first kappa shape index (κ1) is 12.4. The molecule has 2 atom stereocenters. The number of anilines is 1. The van der Waals surface area contributed by atoms with Crippen LogP contribution in [0.25, 0.3) is 0 Å². The third kappa shape index (κ3) is 2.61. The Kier molecular flexibility index (Phi) is 3.69. The Morgan fingerprint density at radius 3 is 2.53 bits per heavy atom. The molecule has 1 aliphatic heterocycles. The Labute approximate surface area is 103 Å². The predicted octanol–water partition coefficient (Wildman–Crippen LogP) is 1.46. The lowest BCUT2D eigenvalue weighted by Gasteiger charge is -2.32. The molecular weight excluding hydrogens is 212 g/mol. The van der Waals surface area contributed by atoms with Crippen LogP contribution in [-0.2, 0) is 0 Å². The number of aliphatic hydroxyl groups is 1. The minimum atomic E-state index is -0.293. The summed E-state index contributed by atoms with van der Waals surface area (Å²) in [4.78, 5) is 2.33. The van der Waals surface area contributed by atoms with Gasteiger partial charge >= 0.3 is 0 Å². The summed E-state index contributed by atoms with van der Waals surface area (Å²) in [6.45, 7) is 8.80. The van der Waals surface area contributed by atoms with E-state index in [0.29, 0.717) is 19.1 Å². The zero-order valence-electron chi connectivity index (χ0n) is 10.9. The fraction of sp³-hybridized carbons (Fsp3) is 0.571. The molecule has 94 valence electrons. The Morgan fingerprint density at radius 1 is 1.24 bits per heavy atom. The van der Waals surface area contributed by atoms with Gasteiger partial charge < -0.3 is 15.3 Å². The largest absolute Gasteiger partial charge is 0.390 e. The number of para-hydroxylation sites is 1. The van der Waals surface area contributed by atoms with Crippen molar-refractivity contribution >= 4 is 5.69 Å². The van der Waals surface area contributed by atoms with Crippen LogP contribution in [0.2, 0.25) is 0 Å². The SMILES string of the molecule is Cc1cccc(C)c1N1CC(O)CNCC1C. The molecule has 1 fully saturated rings. The topological polar surface area (TPSA) is 35.5 Å². The number of hydrogen-bond acceptors (Lipinski definition) is 3. The fourth-order valence-electron chi connectivity index (χ4n) is 2.61. The Bertz CT molecular complexity index is 372. The number of benzene rings is 1. The van der Waals surface area contributed by atoms with E-state index in [1.807, 2.05) is 0 Å². The molecular formula is C14H22N2O. The lowest BCUT2D eigenvalue weighted by Crippen LogP contribution is -2.40. The van der Waals surface area contributed by atoms with Gasteiger partial charge in [-0.05, 0) is 31.9 Å². The Morgan fingerprint density at radius 2 is 1.88 bits per heavy atom. The molecule has 2 unspecified atom stereocenters. The second kappa shape index (κ2) is 5.07. The van der Waals surface area contributed by atoms with Crippen molar-refractivity contribution < 1.29 is 5.11 Å². The molecule has 2 N–H and O–H groups in total. The van der Waals surface area contributed by atoms with Gasteiger partial charge in [0.05, 0.1) is 6.10 Å². The number of hydrogen-bond donors (Lipinski definition) is 2. The van der Waals surface area contributed by atoms with Crippen LogP contribution >= 0.6 is 0 Å². The van der Waals surface area contributed by atoms with Crippen LogP contribution in [0.15, 0.2) is 18.2 Å². The van der Waals surface area contributed by atoms with Crippen LogP contribution in [0.5, 0.6) is 0 Å². The number of aryl methyl sites for hydroxylation is 2. The van der Waals surface area contributed by atoms with E-state index in [2.05, 4.69) is 49.2 Å². The van der Waals surface area contributed by atoms with Gasteiger partial charge in [0.25, 0.3) is 0 Å². The van der Waals surface area contributed by atoms with Gasteiger partial charge in [-0.2, -0.15) is 0 Å². The smallest absolute Gasteiger partial charge is 0.0839 e. The van der Waals surface area contributed by atoms with Crippen molar-refractivity contribution in [3.05, 3.63) is 29.3 Å². The molecule has 17 heavy (non-hydrogen) atoms. The van der Waals surface area contributed by atoms with E-state index in [9.17, 15) is 5.11 Å². The fourth-order valence-corrected chi connectivity index (χ4v) is 2.61. The number of β-amino-alcohol motifs (C(OH)–C–C–N with tert-alkyl or cyclic N) is 1. The minimum absolute atomic E-state index is 0.293. The molecule has 3 nitrogen and oxygen atoms in total. The normalized spacial score (nSPS) is 25.8. The molecule has 1 heterocycles. The van der Waals surface area contributed by atoms with Crippen molar-refractivity contribution in [2.45, 2.75) is 32.9 Å². The average Bonchev–Trinajstić information content (AvgIpc) is 2.41. The summed E-state index contributed by atoms with van der Waals surface area (Å²) in [6.07, 6.45) is -0.293. The standard InChI is InChI=1S/C14H22N2O/c1-10-5-4-6-11(2)14(10)16-9-13(17)8-15-7-12(16)3/h4-6,12-13,15,17H,7-9H2,1-3H3. The third-order valence-corrected chi connectivity index (χ3v) is 3.49. The summed E-state index contributed by atoms with van der Waals surface area (Å²) in [5, 5.41) is 13.2. The zero-order chi connectivity index (χ0) is 12.4. The minimum Gasteiger partial charge on any atom is -0.390 e. The second-order valence-electron chi connectivity index (χ2n) is 5.05. The maximum absolute atomic E-state index is 9.92. The van der Waals surface area contributed by atoms with Gasteiger partial charge in [-0.3, -0.25) is 0 Å². The Balaban J connectivity index is 2.35. The second-order valence-corrected chi connectivity index (χ2v) is 5.05. The molecule has 1 aliphatic rings. The van der Waals surface area contributed by atoms with Crippen LogP contribution in [0.3, 0.4) is 0 Å². The molecule has 0 saturated carbocycles. The highest BCUT2D eigenvalue weighted by Crippen LogP contribution is 2.27. The van der Waals surface area contributed by atoms with Gasteiger partial charge in [0.2, 0.25) is 0 Å². The molecule has 1 aromatic rings. The van der Waals surface area contributed by atoms with Crippen molar-refractivity contribution in [3.8, 4) is 0 Å². The van der Waals surface area contributed by atoms with Crippen molar-refractivity contribution in [2.75, 3.05) is 24.5 Å². The molecule has 1 aromatic carbocycles. The van der Waals surface area contributed by atoms with E-state index in [0.717, 1.165) is 6.54 Å². The summed E-state index contributed by atoms with van der Waals surface area (Å²) < 4.78 is 0. The number of nitrogens with zero attached hydrogens (tertiary/aromatic N) is 1. The molecule has 1 saturated heterocycles. The molecule has 0 radical (unpaired) electrons. The Hall–Kier alpha value is -1.06. The maximum atomic E-state index is 9.92. The molecule has 0 bridgehead atoms. The van der Waals surface area contributed by atoms with Gasteiger partial charge in [-0.25, -0.2) is 0 Å². The van der Waals surface area contributed by atoms with E-state index in [4.69, 9.17) is 0 Å². The highest BCUT2D eigenvalue weighted by atomic mass is 16.3. The van der Waals surface area contributed by atoms with Crippen molar-refractivity contribution in [2.24, 2.45) is 0 Å².